The van der Waals surface area contributed by atoms with Crippen LogP contribution in [0.2, 0.25) is 0 Å². The average Bonchev–Trinajstić information content (AvgIpc) is 3.35. The third-order valence-electron chi connectivity index (χ3n) is 6.71. The Morgan fingerprint density at radius 1 is 0.973 bits per heavy atom. The zero-order chi connectivity index (χ0) is 25.7. The van der Waals surface area contributed by atoms with Crippen LogP contribution in [0.15, 0.2) is 48.5 Å². The molecule has 0 radical (unpaired) electrons. The third-order valence-corrected chi connectivity index (χ3v) is 6.71. The van der Waals surface area contributed by atoms with Gasteiger partial charge in [-0.3, -0.25) is 9.59 Å². The lowest BCUT2D eigenvalue weighted by molar-refractivity contribution is -0.167. The van der Waals surface area contributed by atoms with E-state index in [4.69, 9.17) is 14.2 Å². The second-order valence-electron chi connectivity index (χ2n) is 9.31. The number of carbonyl (C=O) groups is 2. The second kappa shape index (κ2) is 11.2. The van der Waals surface area contributed by atoms with Crippen molar-refractivity contribution in [3.05, 3.63) is 54.3 Å². The first-order valence-corrected chi connectivity index (χ1v) is 12.5. The molecule has 0 unspecified atom stereocenters. The van der Waals surface area contributed by atoms with E-state index in [9.17, 15) is 14.0 Å². The molecular formula is C26H30FN5O5. The van der Waals surface area contributed by atoms with Crippen molar-refractivity contribution in [2.45, 2.75) is 25.0 Å². The first kappa shape index (κ1) is 25.1. The van der Waals surface area contributed by atoms with Crippen molar-refractivity contribution < 1.29 is 28.2 Å². The predicted octanol–water partition coefficient (Wildman–Crippen LogP) is 1.89. The highest BCUT2D eigenvalue weighted by molar-refractivity contribution is 5.79. The molecule has 0 N–H and O–H groups in total. The van der Waals surface area contributed by atoms with E-state index in [0.29, 0.717) is 45.1 Å². The molecule has 2 saturated heterocycles. The number of carbonyl (C=O) groups excluding carboxylic acids is 2. The highest BCUT2D eigenvalue weighted by Gasteiger charge is 2.42. The van der Waals surface area contributed by atoms with Crippen molar-refractivity contribution in [2.24, 2.45) is 0 Å². The SMILES string of the molecule is O=C(C[C@]1(COc2ccc(F)cc2)CN(C(=O)CCn2nnc3ccccc32)CCO1)N1CCOCC1. The fourth-order valence-electron chi connectivity index (χ4n) is 4.69. The molecule has 10 nitrogen and oxygen atoms in total. The fraction of sp³-hybridized carbons (Fsp3) is 0.462. The van der Waals surface area contributed by atoms with Gasteiger partial charge < -0.3 is 24.0 Å². The minimum atomic E-state index is -1.03. The van der Waals surface area contributed by atoms with Gasteiger partial charge in [0.05, 0.1) is 44.8 Å². The summed E-state index contributed by atoms with van der Waals surface area (Å²) in [6, 6.07) is 13.3. The van der Waals surface area contributed by atoms with E-state index in [1.807, 2.05) is 24.3 Å². The Balaban J connectivity index is 1.27. The van der Waals surface area contributed by atoms with Crippen LogP contribution in [0.3, 0.4) is 0 Å². The Bertz CT molecular complexity index is 1230. The molecule has 37 heavy (non-hydrogen) atoms. The minimum absolute atomic E-state index is 0.0478. The Morgan fingerprint density at radius 2 is 1.73 bits per heavy atom. The molecule has 2 amide bonds. The van der Waals surface area contributed by atoms with Crippen molar-refractivity contribution in [1.82, 2.24) is 24.8 Å². The number of para-hydroxylation sites is 1. The maximum atomic E-state index is 13.3. The molecule has 3 heterocycles. The number of benzene rings is 2. The van der Waals surface area contributed by atoms with Crippen molar-refractivity contribution in [3.63, 3.8) is 0 Å². The van der Waals surface area contributed by atoms with Gasteiger partial charge in [0.25, 0.3) is 0 Å². The molecule has 0 bridgehead atoms. The molecule has 1 aromatic heterocycles. The normalized spacial score (nSPS) is 20.2. The van der Waals surface area contributed by atoms with Crippen LogP contribution in [-0.4, -0.2) is 94.8 Å². The number of hydrogen-bond donors (Lipinski definition) is 0. The number of fused-ring (bicyclic) bond motifs is 1. The molecule has 2 aromatic carbocycles. The molecule has 0 spiro atoms. The van der Waals surface area contributed by atoms with Gasteiger partial charge in [0, 0.05) is 26.1 Å². The van der Waals surface area contributed by atoms with Gasteiger partial charge in [0.15, 0.2) is 0 Å². The summed E-state index contributed by atoms with van der Waals surface area (Å²) < 4.78 is 32.5. The van der Waals surface area contributed by atoms with Gasteiger partial charge in [-0.25, -0.2) is 9.07 Å². The lowest BCUT2D eigenvalue weighted by Gasteiger charge is -2.43. The molecule has 2 fully saturated rings. The van der Waals surface area contributed by atoms with Crippen LogP contribution in [-0.2, 0) is 25.6 Å². The molecule has 11 heteroatoms. The largest absolute Gasteiger partial charge is 0.490 e. The van der Waals surface area contributed by atoms with Crippen LogP contribution < -0.4 is 4.74 Å². The van der Waals surface area contributed by atoms with Gasteiger partial charge in [0.1, 0.15) is 29.3 Å². The monoisotopic (exact) mass is 511 g/mol. The number of morpholine rings is 2. The second-order valence-corrected chi connectivity index (χ2v) is 9.31. The Kier molecular flexibility index (Phi) is 7.61. The summed E-state index contributed by atoms with van der Waals surface area (Å²) in [7, 11) is 0. The Labute approximate surface area is 213 Å². The minimum Gasteiger partial charge on any atom is -0.490 e. The number of rotatable bonds is 8. The summed E-state index contributed by atoms with van der Waals surface area (Å²) >= 11 is 0. The lowest BCUT2D eigenvalue weighted by Crippen LogP contribution is -2.58. The summed E-state index contributed by atoms with van der Waals surface area (Å²) in [6.45, 7) is 3.36. The number of halogens is 1. The molecule has 2 aliphatic rings. The van der Waals surface area contributed by atoms with E-state index in [1.165, 1.54) is 24.3 Å². The van der Waals surface area contributed by atoms with Gasteiger partial charge in [-0.1, -0.05) is 17.3 Å². The topological polar surface area (TPSA) is 99.0 Å². The summed E-state index contributed by atoms with van der Waals surface area (Å²) in [6.07, 6.45) is 0.297. The number of aromatic nitrogens is 3. The number of ether oxygens (including phenoxy) is 3. The average molecular weight is 512 g/mol. The van der Waals surface area contributed by atoms with Gasteiger partial charge in [-0.05, 0) is 36.4 Å². The summed E-state index contributed by atoms with van der Waals surface area (Å²) in [5, 5.41) is 8.31. The fourth-order valence-corrected chi connectivity index (χ4v) is 4.69. The van der Waals surface area contributed by atoms with Gasteiger partial charge in [-0.2, -0.15) is 0 Å². The molecule has 0 saturated carbocycles. The zero-order valence-electron chi connectivity index (χ0n) is 20.6. The molecular weight excluding hydrogens is 481 g/mol. The van der Waals surface area contributed by atoms with Crippen LogP contribution >= 0.6 is 0 Å². The van der Waals surface area contributed by atoms with E-state index in [2.05, 4.69) is 10.3 Å². The standard InChI is InChI=1S/C26H30FN5O5/c27-20-5-7-21(8-6-20)36-19-26(17-25(34)30-11-14-35-15-12-30)18-31(13-16-37-26)24(33)9-10-32-23-4-2-1-3-22(23)28-29-32/h1-8H,9-19H2/t26-/m1/s1. The van der Waals surface area contributed by atoms with Crippen molar-refractivity contribution in [3.8, 4) is 5.75 Å². The van der Waals surface area contributed by atoms with E-state index < -0.39 is 5.60 Å². The van der Waals surface area contributed by atoms with Crippen LogP contribution in [0, 0.1) is 5.82 Å². The van der Waals surface area contributed by atoms with E-state index >= 15 is 0 Å². The number of hydrogen-bond acceptors (Lipinski definition) is 7. The Hall–Kier alpha value is -3.57. The maximum Gasteiger partial charge on any atom is 0.225 e. The first-order valence-electron chi connectivity index (χ1n) is 12.5. The van der Waals surface area contributed by atoms with E-state index in [0.717, 1.165) is 11.0 Å². The van der Waals surface area contributed by atoms with Crippen molar-refractivity contribution in [1.29, 1.82) is 0 Å². The number of aryl methyl sites for hydroxylation is 1. The van der Waals surface area contributed by atoms with Crippen LogP contribution in [0.4, 0.5) is 4.39 Å². The van der Waals surface area contributed by atoms with Gasteiger partial charge in [-0.15, -0.1) is 5.10 Å². The van der Waals surface area contributed by atoms with Crippen LogP contribution in [0.25, 0.3) is 11.0 Å². The quantitative estimate of drug-likeness (QED) is 0.455. The van der Waals surface area contributed by atoms with Crippen LogP contribution in [0.1, 0.15) is 12.8 Å². The van der Waals surface area contributed by atoms with E-state index in [-0.39, 0.29) is 50.2 Å². The van der Waals surface area contributed by atoms with Crippen molar-refractivity contribution >= 4 is 22.8 Å². The molecule has 1 atom stereocenters. The Morgan fingerprint density at radius 3 is 2.54 bits per heavy atom. The summed E-state index contributed by atoms with van der Waals surface area (Å²) in [5.74, 6) is -0.0395. The summed E-state index contributed by atoms with van der Waals surface area (Å²) in [4.78, 5) is 29.9. The van der Waals surface area contributed by atoms with Gasteiger partial charge >= 0.3 is 0 Å². The van der Waals surface area contributed by atoms with Gasteiger partial charge in [0.2, 0.25) is 11.8 Å². The highest BCUT2D eigenvalue weighted by atomic mass is 19.1. The highest BCUT2D eigenvalue weighted by Crippen LogP contribution is 2.26. The predicted molar refractivity (Wildman–Crippen MR) is 131 cm³/mol. The summed E-state index contributed by atoms with van der Waals surface area (Å²) in [5.41, 5.74) is 0.618. The van der Waals surface area contributed by atoms with Crippen LogP contribution in [0.5, 0.6) is 5.75 Å². The first-order chi connectivity index (χ1) is 18.0. The lowest BCUT2D eigenvalue weighted by atomic mass is 9.96. The van der Waals surface area contributed by atoms with Crippen molar-refractivity contribution in [2.75, 3.05) is 52.6 Å². The smallest absolute Gasteiger partial charge is 0.225 e. The maximum absolute atomic E-state index is 13.3. The molecule has 3 aromatic rings. The molecule has 5 rings (SSSR count). The van der Waals surface area contributed by atoms with E-state index in [1.54, 1.807) is 14.5 Å². The molecule has 2 aliphatic heterocycles. The number of amides is 2. The third kappa shape index (κ3) is 6.05. The zero-order valence-corrected chi connectivity index (χ0v) is 20.6. The molecule has 196 valence electrons. The number of nitrogens with zero attached hydrogens (tertiary/aromatic N) is 5. The molecule has 0 aliphatic carbocycles.